The van der Waals surface area contributed by atoms with Crippen LogP contribution in [0.1, 0.15) is 18.1 Å². The summed E-state index contributed by atoms with van der Waals surface area (Å²) in [6.07, 6.45) is 0. The van der Waals surface area contributed by atoms with E-state index < -0.39 is 0 Å². The number of hydrogen-bond acceptors (Lipinski definition) is 2. The largest absolute Gasteiger partial charge is 0.314 e. The summed E-state index contributed by atoms with van der Waals surface area (Å²) in [5, 5.41) is 4.28. The third-order valence-corrected chi connectivity index (χ3v) is 3.80. The fourth-order valence-electron chi connectivity index (χ4n) is 2.16. The van der Waals surface area contributed by atoms with Crippen LogP contribution in [0.15, 0.2) is 18.2 Å². The normalized spacial score (nSPS) is 22.3. The molecule has 1 aromatic rings. The number of rotatable bonds is 2. The molecule has 2 rings (SSSR count). The van der Waals surface area contributed by atoms with E-state index in [-0.39, 0.29) is 0 Å². The van der Waals surface area contributed by atoms with E-state index in [0.717, 1.165) is 31.2 Å². The van der Waals surface area contributed by atoms with Gasteiger partial charge in [0.05, 0.1) is 0 Å². The topological polar surface area (TPSA) is 15.3 Å². The number of nitrogens with zero attached hydrogens (tertiary/aromatic N) is 1. The maximum absolute atomic E-state index is 6.14. The van der Waals surface area contributed by atoms with Crippen LogP contribution in [0.2, 0.25) is 5.02 Å². The number of benzene rings is 1. The van der Waals surface area contributed by atoms with Crippen LogP contribution in [0.3, 0.4) is 0 Å². The van der Waals surface area contributed by atoms with Crippen molar-refractivity contribution >= 4 is 11.6 Å². The van der Waals surface area contributed by atoms with Gasteiger partial charge < -0.3 is 5.32 Å². The van der Waals surface area contributed by atoms with E-state index in [1.165, 1.54) is 11.1 Å². The average Bonchev–Trinajstić information content (AvgIpc) is 2.28. The molecule has 0 radical (unpaired) electrons. The number of halogens is 1. The van der Waals surface area contributed by atoms with Crippen molar-refractivity contribution < 1.29 is 0 Å². The molecule has 1 saturated heterocycles. The van der Waals surface area contributed by atoms with E-state index in [1.54, 1.807) is 0 Å². The molecule has 1 aliphatic rings. The third-order valence-electron chi connectivity index (χ3n) is 3.39. The Hall–Kier alpha value is -0.570. The van der Waals surface area contributed by atoms with Gasteiger partial charge in [-0.3, -0.25) is 4.90 Å². The van der Waals surface area contributed by atoms with Gasteiger partial charge in [-0.2, -0.15) is 0 Å². The summed E-state index contributed by atoms with van der Waals surface area (Å²) in [5.74, 6) is 0. The van der Waals surface area contributed by atoms with Crippen molar-refractivity contribution in [1.82, 2.24) is 10.2 Å². The van der Waals surface area contributed by atoms with E-state index in [4.69, 9.17) is 11.6 Å². The number of nitrogens with one attached hydrogen (secondary N) is 1. The van der Waals surface area contributed by atoms with Crippen molar-refractivity contribution in [2.24, 2.45) is 0 Å². The standard InChI is InChI=1S/C13H19ClN2/c1-10-8-15-6-7-16(10)9-12-4-3-5-13(14)11(12)2/h3-5,10,15H,6-9H2,1-2H3/t10-/m0/s1. The van der Waals surface area contributed by atoms with Gasteiger partial charge in [0, 0.05) is 37.2 Å². The van der Waals surface area contributed by atoms with Gasteiger partial charge in [-0.1, -0.05) is 23.7 Å². The first-order chi connectivity index (χ1) is 7.68. The second kappa shape index (κ2) is 5.17. The van der Waals surface area contributed by atoms with E-state index in [9.17, 15) is 0 Å². The molecular formula is C13H19ClN2. The Morgan fingerprint density at radius 3 is 3.06 bits per heavy atom. The minimum Gasteiger partial charge on any atom is -0.314 e. The molecule has 1 aromatic carbocycles. The number of piperazine rings is 1. The van der Waals surface area contributed by atoms with Gasteiger partial charge >= 0.3 is 0 Å². The van der Waals surface area contributed by atoms with Crippen LogP contribution in [0, 0.1) is 6.92 Å². The third kappa shape index (κ3) is 2.57. The first-order valence-corrected chi connectivity index (χ1v) is 6.25. The zero-order valence-corrected chi connectivity index (χ0v) is 10.7. The lowest BCUT2D eigenvalue weighted by atomic mass is 10.1. The van der Waals surface area contributed by atoms with Crippen LogP contribution in [0.25, 0.3) is 0 Å². The summed E-state index contributed by atoms with van der Waals surface area (Å²) in [6, 6.07) is 6.78. The Kier molecular flexibility index (Phi) is 3.85. The Bertz CT molecular complexity index is 365. The maximum atomic E-state index is 6.14. The molecule has 0 unspecified atom stereocenters. The highest BCUT2D eigenvalue weighted by Gasteiger charge is 2.18. The van der Waals surface area contributed by atoms with Gasteiger partial charge in [0.1, 0.15) is 0 Å². The van der Waals surface area contributed by atoms with E-state index in [1.807, 2.05) is 12.1 Å². The molecule has 0 amide bonds. The summed E-state index contributed by atoms with van der Waals surface area (Å²) >= 11 is 6.14. The molecule has 1 N–H and O–H groups in total. The van der Waals surface area contributed by atoms with E-state index >= 15 is 0 Å². The van der Waals surface area contributed by atoms with Crippen LogP contribution in [-0.4, -0.2) is 30.6 Å². The predicted molar refractivity (Wildman–Crippen MR) is 68.9 cm³/mol. The van der Waals surface area contributed by atoms with Crippen LogP contribution in [-0.2, 0) is 6.54 Å². The van der Waals surface area contributed by atoms with Crippen molar-refractivity contribution in [1.29, 1.82) is 0 Å². The molecule has 0 aliphatic carbocycles. The summed E-state index contributed by atoms with van der Waals surface area (Å²) in [6.45, 7) is 8.67. The molecule has 16 heavy (non-hydrogen) atoms. The molecular weight excluding hydrogens is 220 g/mol. The van der Waals surface area contributed by atoms with Gasteiger partial charge in [-0.05, 0) is 31.0 Å². The SMILES string of the molecule is Cc1c(Cl)cccc1CN1CCNC[C@@H]1C. The summed E-state index contributed by atoms with van der Waals surface area (Å²) in [5.41, 5.74) is 2.57. The first kappa shape index (κ1) is 11.9. The smallest absolute Gasteiger partial charge is 0.0438 e. The molecule has 0 saturated carbocycles. The molecule has 1 heterocycles. The first-order valence-electron chi connectivity index (χ1n) is 5.87. The van der Waals surface area contributed by atoms with Crippen LogP contribution in [0.4, 0.5) is 0 Å². The highest BCUT2D eigenvalue weighted by atomic mass is 35.5. The van der Waals surface area contributed by atoms with Gasteiger partial charge in [-0.25, -0.2) is 0 Å². The lowest BCUT2D eigenvalue weighted by molar-refractivity contribution is 0.165. The van der Waals surface area contributed by atoms with Crippen LogP contribution in [0.5, 0.6) is 0 Å². The molecule has 2 nitrogen and oxygen atoms in total. The molecule has 0 aromatic heterocycles. The van der Waals surface area contributed by atoms with Crippen LogP contribution < -0.4 is 5.32 Å². The summed E-state index contributed by atoms with van der Waals surface area (Å²) < 4.78 is 0. The summed E-state index contributed by atoms with van der Waals surface area (Å²) in [7, 11) is 0. The highest BCUT2D eigenvalue weighted by Crippen LogP contribution is 2.21. The minimum absolute atomic E-state index is 0.604. The van der Waals surface area contributed by atoms with Crippen molar-refractivity contribution in [3.8, 4) is 0 Å². The summed E-state index contributed by atoms with van der Waals surface area (Å²) in [4.78, 5) is 2.51. The second-order valence-electron chi connectivity index (χ2n) is 4.55. The molecule has 88 valence electrons. The molecule has 0 spiro atoms. The van der Waals surface area contributed by atoms with Crippen molar-refractivity contribution in [3.63, 3.8) is 0 Å². The molecule has 1 atom stereocenters. The average molecular weight is 239 g/mol. The fraction of sp³-hybridized carbons (Fsp3) is 0.538. The molecule has 0 bridgehead atoms. The quantitative estimate of drug-likeness (QED) is 0.852. The lowest BCUT2D eigenvalue weighted by Gasteiger charge is -2.34. The Balaban J connectivity index is 2.10. The predicted octanol–water partition coefficient (Wildman–Crippen LogP) is 2.44. The fourth-order valence-corrected chi connectivity index (χ4v) is 2.35. The van der Waals surface area contributed by atoms with Crippen molar-refractivity contribution in [2.45, 2.75) is 26.4 Å². The minimum atomic E-state index is 0.604. The van der Waals surface area contributed by atoms with E-state index in [2.05, 4.69) is 30.1 Å². The van der Waals surface area contributed by atoms with Crippen molar-refractivity contribution in [3.05, 3.63) is 34.3 Å². The number of hydrogen-bond donors (Lipinski definition) is 1. The van der Waals surface area contributed by atoms with Gasteiger partial charge in [0.2, 0.25) is 0 Å². The van der Waals surface area contributed by atoms with Crippen molar-refractivity contribution in [2.75, 3.05) is 19.6 Å². The zero-order chi connectivity index (χ0) is 11.5. The van der Waals surface area contributed by atoms with Gasteiger partial charge in [0.25, 0.3) is 0 Å². The maximum Gasteiger partial charge on any atom is 0.0438 e. The highest BCUT2D eigenvalue weighted by molar-refractivity contribution is 6.31. The molecule has 3 heteroatoms. The lowest BCUT2D eigenvalue weighted by Crippen LogP contribution is -2.49. The van der Waals surface area contributed by atoms with Gasteiger partial charge in [0.15, 0.2) is 0 Å². The molecule has 1 aliphatic heterocycles. The monoisotopic (exact) mass is 238 g/mol. The van der Waals surface area contributed by atoms with Crippen LogP contribution >= 0.6 is 11.6 Å². The Morgan fingerprint density at radius 2 is 2.31 bits per heavy atom. The Labute approximate surface area is 103 Å². The molecule has 1 fully saturated rings. The zero-order valence-electron chi connectivity index (χ0n) is 9.96. The Morgan fingerprint density at radius 1 is 1.50 bits per heavy atom. The second-order valence-corrected chi connectivity index (χ2v) is 4.95. The van der Waals surface area contributed by atoms with E-state index in [0.29, 0.717) is 6.04 Å². The van der Waals surface area contributed by atoms with Gasteiger partial charge in [-0.15, -0.1) is 0 Å².